The van der Waals surface area contributed by atoms with Crippen LogP contribution in [0.4, 0.5) is 0 Å². The van der Waals surface area contributed by atoms with Gasteiger partial charge in [0, 0.05) is 12.8 Å². The minimum Gasteiger partial charge on any atom is -0.480 e. The van der Waals surface area contributed by atoms with Gasteiger partial charge in [0.25, 0.3) is 0 Å². The molecular weight excluding hydrogens is 553 g/mol. The number of carboxylic acids is 1. The van der Waals surface area contributed by atoms with Crippen molar-refractivity contribution in [2.45, 2.75) is 83.8 Å². The fourth-order valence-corrected chi connectivity index (χ4v) is 3.62. The molecule has 0 heterocycles. The van der Waals surface area contributed by atoms with Crippen LogP contribution in [0.3, 0.4) is 0 Å². The van der Waals surface area contributed by atoms with E-state index in [9.17, 15) is 23.8 Å². The van der Waals surface area contributed by atoms with E-state index >= 15 is 0 Å². The number of rotatable bonds is 24. The zero-order chi connectivity index (χ0) is 30.8. The molecule has 0 aromatic carbocycles. The number of nitrogens with two attached hydrogens (primary N) is 1. The topological polar surface area (TPSA) is 172 Å². The average Bonchev–Trinajstić information content (AvgIpc) is 2.94. The lowest BCUT2D eigenvalue weighted by Gasteiger charge is -2.20. The van der Waals surface area contributed by atoms with Crippen molar-refractivity contribution in [1.82, 2.24) is 0 Å². The number of ether oxygens (including phenoxy) is 2. The molecule has 41 heavy (non-hydrogen) atoms. The number of phosphoric acid groups is 1. The Morgan fingerprint density at radius 3 is 1.80 bits per heavy atom. The van der Waals surface area contributed by atoms with Crippen molar-refractivity contribution in [2.24, 2.45) is 5.73 Å². The van der Waals surface area contributed by atoms with Gasteiger partial charge >= 0.3 is 25.7 Å². The van der Waals surface area contributed by atoms with Crippen molar-refractivity contribution in [2.75, 3.05) is 19.8 Å². The molecule has 0 aliphatic carbocycles. The molecule has 0 saturated carbocycles. The first-order valence-corrected chi connectivity index (χ1v) is 15.3. The maximum atomic E-state index is 12.2. The number of aliphatic carboxylic acids is 1. The third kappa shape index (κ3) is 24.7. The molecule has 0 aromatic heterocycles. The largest absolute Gasteiger partial charge is 0.480 e. The van der Waals surface area contributed by atoms with E-state index in [0.717, 1.165) is 32.1 Å². The predicted molar refractivity (Wildman–Crippen MR) is 157 cm³/mol. The lowest BCUT2D eigenvalue weighted by atomic mass is 10.2. The number of hydrogen-bond acceptors (Lipinski definition) is 9. The van der Waals surface area contributed by atoms with Gasteiger partial charge in [0.15, 0.2) is 6.10 Å². The van der Waals surface area contributed by atoms with Gasteiger partial charge in [-0.2, -0.15) is 0 Å². The van der Waals surface area contributed by atoms with Gasteiger partial charge in [-0.05, 0) is 44.9 Å². The van der Waals surface area contributed by atoms with E-state index in [1.54, 1.807) is 6.92 Å². The van der Waals surface area contributed by atoms with Crippen molar-refractivity contribution >= 4 is 25.7 Å². The molecular formula is C29H46NO10P. The minimum atomic E-state index is -4.69. The average molecular weight is 600 g/mol. The fourth-order valence-electron chi connectivity index (χ4n) is 2.84. The summed E-state index contributed by atoms with van der Waals surface area (Å²) in [6, 6.07) is -1.53. The first-order chi connectivity index (χ1) is 19.6. The number of carbonyl (C=O) groups is 3. The van der Waals surface area contributed by atoms with Crippen LogP contribution in [-0.2, 0) is 37.5 Å². The Balaban J connectivity index is 4.34. The quantitative estimate of drug-likeness (QED) is 0.0567. The zero-order valence-electron chi connectivity index (χ0n) is 24.1. The summed E-state index contributed by atoms with van der Waals surface area (Å²) in [5.41, 5.74) is 5.23. The van der Waals surface area contributed by atoms with E-state index in [4.69, 9.17) is 24.8 Å². The minimum absolute atomic E-state index is 0.0767. The Morgan fingerprint density at radius 1 is 0.780 bits per heavy atom. The van der Waals surface area contributed by atoms with Crippen LogP contribution in [0.25, 0.3) is 0 Å². The van der Waals surface area contributed by atoms with Gasteiger partial charge < -0.3 is 25.2 Å². The second kappa shape index (κ2) is 24.9. The molecule has 0 bridgehead atoms. The number of unbranched alkanes of at least 4 members (excludes halogenated alkanes) is 1. The Bertz CT molecular complexity index is 942. The highest BCUT2D eigenvalue weighted by molar-refractivity contribution is 7.47. The molecule has 0 amide bonds. The number of carboxylic acid groups (broad SMARTS) is 1. The first-order valence-electron chi connectivity index (χ1n) is 13.8. The van der Waals surface area contributed by atoms with E-state index in [2.05, 4.69) is 60.1 Å². The molecule has 0 radical (unpaired) electrons. The van der Waals surface area contributed by atoms with Gasteiger partial charge in [-0.25, -0.2) is 4.57 Å². The van der Waals surface area contributed by atoms with E-state index < -0.39 is 51.1 Å². The highest BCUT2D eigenvalue weighted by Gasteiger charge is 2.27. The monoisotopic (exact) mass is 599 g/mol. The van der Waals surface area contributed by atoms with Crippen LogP contribution >= 0.6 is 7.82 Å². The first kappa shape index (κ1) is 38.2. The number of allylic oxidation sites excluding steroid dienone is 10. The SMILES string of the molecule is CC/C=C\C/C=C\C/C=C\C/C=C\C/C=C\CCCC(=O)OC(COC(=O)CC)COP(=O)(O)OCC(N)C(=O)O. The van der Waals surface area contributed by atoms with Gasteiger partial charge in [-0.1, -0.05) is 74.6 Å². The van der Waals surface area contributed by atoms with Gasteiger partial charge in [-0.3, -0.25) is 23.4 Å². The van der Waals surface area contributed by atoms with Crippen molar-refractivity contribution in [1.29, 1.82) is 0 Å². The number of esters is 2. The molecule has 0 aromatic rings. The molecule has 0 fully saturated rings. The Labute approximate surface area is 243 Å². The highest BCUT2D eigenvalue weighted by atomic mass is 31.2. The molecule has 0 rings (SSSR count). The zero-order valence-corrected chi connectivity index (χ0v) is 25.0. The molecule has 0 aliphatic rings. The van der Waals surface area contributed by atoms with Crippen molar-refractivity contribution in [3.05, 3.63) is 60.8 Å². The van der Waals surface area contributed by atoms with E-state index in [1.807, 2.05) is 12.2 Å². The third-order valence-corrected chi connectivity index (χ3v) is 6.04. The molecule has 3 unspecified atom stereocenters. The molecule has 12 heteroatoms. The summed E-state index contributed by atoms with van der Waals surface area (Å²) in [6.07, 6.45) is 25.8. The van der Waals surface area contributed by atoms with Gasteiger partial charge in [0.05, 0.1) is 13.2 Å². The maximum absolute atomic E-state index is 12.2. The molecule has 3 atom stereocenters. The van der Waals surface area contributed by atoms with E-state index in [0.29, 0.717) is 12.8 Å². The Kier molecular flexibility index (Phi) is 23.2. The lowest BCUT2D eigenvalue weighted by Crippen LogP contribution is -2.34. The van der Waals surface area contributed by atoms with Crippen LogP contribution in [0.15, 0.2) is 60.8 Å². The summed E-state index contributed by atoms with van der Waals surface area (Å²) in [5.74, 6) is -2.58. The lowest BCUT2D eigenvalue weighted by molar-refractivity contribution is -0.161. The van der Waals surface area contributed by atoms with E-state index in [-0.39, 0.29) is 19.4 Å². The van der Waals surface area contributed by atoms with Gasteiger partial charge in [-0.15, -0.1) is 0 Å². The van der Waals surface area contributed by atoms with E-state index in [1.165, 1.54) is 0 Å². The van der Waals surface area contributed by atoms with Crippen molar-refractivity contribution in [3.63, 3.8) is 0 Å². The summed E-state index contributed by atoms with van der Waals surface area (Å²) in [7, 11) is -4.69. The summed E-state index contributed by atoms with van der Waals surface area (Å²) < 4.78 is 31.5. The predicted octanol–water partition coefficient (Wildman–Crippen LogP) is 5.32. The molecule has 0 aliphatic heterocycles. The molecule has 0 spiro atoms. The third-order valence-electron chi connectivity index (χ3n) is 5.08. The molecule has 11 nitrogen and oxygen atoms in total. The second-order valence-corrected chi connectivity index (χ2v) is 10.2. The van der Waals surface area contributed by atoms with Crippen LogP contribution in [0.2, 0.25) is 0 Å². The molecule has 4 N–H and O–H groups in total. The summed E-state index contributed by atoms with van der Waals surface area (Å²) in [4.78, 5) is 44.1. The van der Waals surface area contributed by atoms with Gasteiger partial charge in [0.1, 0.15) is 12.6 Å². The van der Waals surface area contributed by atoms with Gasteiger partial charge in [0.2, 0.25) is 0 Å². The Morgan fingerprint density at radius 2 is 1.29 bits per heavy atom. The molecule has 0 saturated heterocycles. The smallest absolute Gasteiger partial charge is 0.472 e. The number of carbonyl (C=O) groups excluding carboxylic acids is 2. The summed E-state index contributed by atoms with van der Waals surface area (Å²) >= 11 is 0. The number of phosphoric ester groups is 1. The van der Waals surface area contributed by atoms with Crippen LogP contribution in [0.1, 0.15) is 71.6 Å². The maximum Gasteiger partial charge on any atom is 0.472 e. The second-order valence-electron chi connectivity index (χ2n) is 8.75. The highest BCUT2D eigenvalue weighted by Crippen LogP contribution is 2.43. The summed E-state index contributed by atoms with van der Waals surface area (Å²) in [6.45, 7) is 1.92. The van der Waals surface area contributed by atoms with Crippen LogP contribution in [-0.4, -0.2) is 59.9 Å². The summed E-state index contributed by atoms with van der Waals surface area (Å²) in [5, 5.41) is 8.72. The van der Waals surface area contributed by atoms with Crippen LogP contribution < -0.4 is 5.73 Å². The standard InChI is InChI=1S/C29H46NO10P/c1-3-5-6-7-8-9-10-11-12-13-14-15-16-17-18-19-20-21-28(32)40-25(22-37-27(31)4-2)23-38-41(35,36)39-24-26(30)29(33)34/h5-6,8-9,11-12,14-15,17-18,25-26H,3-4,7,10,13,16,19-24,30H2,1-2H3,(H,33,34)(H,35,36)/b6-5-,9-8-,12-11-,15-14-,18-17-. The number of hydrogen-bond donors (Lipinski definition) is 3. The normalized spacial score (nSPS) is 15.2. The van der Waals surface area contributed by atoms with Crippen molar-refractivity contribution in [3.8, 4) is 0 Å². The molecule has 232 valence electrons. The van der Waals surface area contributed by atoms with Crippen molar-refractivity contribution < 1.29 is 47.5 Å². The van der Waals surface area contributed by atoms with Crippen LogP contribution in [0, 0.1) is 0 Å². The van der Waals surface area contributed by atoms with Crippen LogP contribution in [0.5, 0.6) is 0 Å². The fraction of sp³-hybridized carbons (Fsp3) is 0.552. The Hall–Kier alpha value is -2.82.